The number of aromatic nitrogens is 4. The third-order valence-corrected chi connectivity index (χ3v) is 6.71. The molecule has 1 saturated carbocycles. The highest BCUT2D eigenvalue weighted by molar-refractivity contribution is 5.68. The third kappa shape index (κ3) is 3.02. The fourth-order valence-electron chi connectivity index (χ4n) is 4.66. The van der Waals surface area contributed by atoms with Crippen LogP contribution in [-0.2, 0) is 0 Å². The number of alkyl halides is 1. The Balaban J connectivity index is 1.34. The minimum atomic E-state index is -1.07. The molecule has 4 atom stereocenters. The molecule has 7 nitrogen and oxygen atoms in total. The van der Waals surface area contributed by atoms with Crippen molar-refractivity contribution < 1.29 is 14.2 Å². The van der Waals surface area contributed by atoms with Gasteiger partial charge in [-0.05, 0) is 45.0 Å². The number of ether oxygens (including phenoxy) is 1. The summed E-state index contributed by atoms with van der Waals surface area (Å²) < 4.78 is 22.9. The number of phenols is 1. The fraction of sp³-hybridized carbons (Fsp3) is 0.409. The number of rotatable bonds is 4. The van der Waals surface area contributed by atoms with Gasteiger partial charge in [0.1, 0.15) is 11.9 Å². The average Bonchev–Trinajstić information content (AvgIpc) is 3.28. The normalized spacial score (nSPS) is 28.6. The summed E-state index contributed by atoms with van der Waals surface area (Å²) in [5.41, 5.74) is 1.38. The van der Waals surface area contributed by atoms with Crippen molar-refractivity contribution in [1.82, 2.24) is 24.6 Å². The van der Waals surface area contributed by atoms with Crippen molar-refractivity contribution in [3.05, 3.63) is 49.1 Å². The lowest BCUT2D eigenvalue weighted by Crippen LogP contribution is -2.68. The van der Waals surface area contributed by atoms with Gasteiger partial charge in [0, 0.05) is 42.6 Å². The van der Waals surface area contributed by atoms with Crippen molar-refractivity contribution in [3.63, 3.8) is 0 Å². The maximum absolute atomic E-state index is 15.2. The van der Waals surface area contributed by atoms with Crippen LogP contribution in [0.1, 0.15) is 19.8 Å². The van der Waals surface area contributed by atoms with E-state index in [2.05, 4.69) is 20.1 Å². The van der Waals surface area contributed by atoms with Crippen LogP contribution in [0.2, 0.25) is 0 Å². The van der Waals surface area contributed by atoms with Gasteiger partial charge in [-0.2, -0.15) is 0 Å². The summed E-state index contributed by atoms with van der Waals surface area (Å²) in [6.07, 6.45) is 5.35. The number of hydrogen-bond acceptors (Lipinski definition) is 6. The molecular weight excluding hydrogens is 385 g/mol. The molecule has 4 heterocycles. The van der Waals surface area contributed by atoms with Gasteiger partial charge in [0.2, 0.25) is 5.88 Å². The second-order valence-electron chi connectivity index (χ2n) is 8.45. The number of halogens is 1. The largest absolute Gasteiger partial charge is 0.507 e. The first-order chi connectivity index (χ1) is 14.5. The molecule has 1 aromatic carbocycles. The Morgan fingerprint density at radius 3 is 2.77 bits per heavy atom. The summed E-state index contributed by atoms with van der Waals surface area (Å²) in [6, 6.07) is 8.71. The molecule has 0 spiro atoms. The standard InChI is InChI=1S/C22H24FN5O2/c1-22-8-7-14(12-27(22)2)20(21(22)23)30-19-6-5-17(25-26-19)16-4-3-15(11-18(16)29)28-10-9-24-13-28/h3-6,9-11,13-14,20-21,29H,7-8,12H2,1-2H3/t14-,20+,21+,22-/m0/s1. The number of phenolic OH excluding ortho intramolecular Hbond substituents is 1. The molecule has 3 fully saturated rings. The molecular formula is C22H24FN5O2. The number of fused-ring (bicyclic) bond motifs is 3. The molecule has 6 rings (SSSR count). The van der Waals surface area contributed by atoms with Gasteiger partial charge in [-0.1, -0.05) is 0 Å². The van der Waals surface area contributed by atoms with Gasteiger partial charge in [-0.15, -0.1) is 10.2 Å². The van der Waals surface area contributed by atoms with Gasteiger partial charge in [-0.25, -0.2) is 9.37 Å². The van der Waals surface area contributed by atoms with E-state index >= 15 is 4.39 Å². The predicted molar refractivity (Wildman–Crippen MR) is 109 cm³/mol. The topological polar surface area (TPSA) is 76.3 Å². The van der Waals surface area contributed by atoms with E-state index in [-0.39, 0.29) is 11.7 Å². The molecule has 156 valence electrons. The molecule has 1 aliphatic carbocycles. The maximum atomic E-state index is 15.2. The lowest BCUT2D eigenvalue weighted by molar-refractivity contribution is -0.136. The van der Waals surface area contributed by atoms with Crippen LogP contribution < -0.4 is 4.74 Å². The van der Waals surface area contributed by atoms with Crippen LogP contribution in [0.15, 0.2) is 49.1 Å². The van der Waals surface area contributed by atoms with Gasteiger partial charge < -0.3 is 14.4 Å². The molecule has 3 aromatic rings. The molecule has 2 aliphatic heterocycles. The van der Waals surface area contributed by atoms with E-state index in [0.29, 0.717) is 17.1 Å². The number of imidazole rings is 1. The van der Waals surface area contributed by atoms with Gasteiger partial charge in [0.25, 0.3) is 0 Å². The third-order valence-electron chi connectivity index (χ3n) is 6.71. The summed E-state index contributed by atoms with van der Waals surface area (Å²) in [5, 5.41) is 18.8. The van der Waals surface area contributed by atoms with Crippen LogP contribution in [0.4, 0.5) is 4.39 Å². The van der Waals surface area contributed by atoms with Crippen molar-refractivity contribution in [2.75, 3.05) is 13.6 Å². The van der Waals surface area contributed by atoms with Gasteiger partial charge in [-0.3, -0.25) is 4.90 Å². The Kier molecular flexibility index (Phi) is 4.47. The van der Waals surface area contributed by atoms with Gasteiger partial charge in [0.15, 0.2) is 6.17 Å². The van der Waals surface area contributed by atoms with E-state index < -0.39 is 17.8 Å². The maximum Gasteiger partial charge on any atom is 0.233 e. The number of aromatic hydroxyl groups is 1. The zero-order chi connectivity index (χ0) is 20.9. The molecule has 0 radical (unpaired) electrons. The van der Waals surface area contributed by atoms with Crippen LogP contribution in [0.5, 0.6) is 11.6 Å². The summed E-state index contributed by atoms with van der Waals surface area (Å²) in [6.45, 7) is 2.79. The minimum absolute atomic E-state index is 0.0912. The van der Waals surface area contributed by atoms with E-state index in [1.807, 2.05) is 20.0 Å². The Morgan fingerprint density at radius 1 is 1.23 bits per heavy atom. The van der Waals surface area contributed by atoms with Crippen molar-refractivity contribution in [2.24, 2.45) is 5.92 Å². The zero-order valence-electron chi connectivity index (χ0n) is 16.9. The average molecular weight is 409 g/mol. The Labute approximate surface area is 174 Å². The van der Waals surface area contributed by atoms with Crippen molar-refractivity contribution in [2.45, 2.75) is 37.6 Å². The van der Waals surface area contributed by atoms with Crippen molar-refractivity contribution in [1.29, 1.82) is 0 Å². The summed E-state index contributed by atoms with van der Waals surface area (Å²) in [7, 11) is 1.98. The highest BCUT2D eigenvalue weighted by atomic mass is 19.1. The van der Waals surface area contributed by atoms with E-state index in [9.17, 15) is 5.11 Å². The van der Waals surface area contributed by atoms with Crippen LogP contribution >= 0.6 is 0 Å². The highest BCUT2D eigenvalue weighted by Gasteiger charge is 2.55. The number of piperidine rings is 2. The highest BCUT2D eigenvalue weighted by Crippen LogP contribution is 2.45. The van der Waals surface area contributed by atoms with Crippen molar-refractivity contribution >= 4 is 0 Å². The zero-order valence-corrected chi connectivity index (χ0v) is 16.9. The number of hydrogen-bond donors (Lipinski definition) is 1. The first kappa shape index (κ1) is 19.0. The van der Waals surface area contributed by atoms with Crippen LogP contribution in [0.3, 0.4) is 0 Å². The Bertz CT molecular complexity index is 1040. The minimum Gasteiger partial charge on any atom is -0.507 e. The summed E-state index contributed by atoms with van der Waals surface area (Å²) in [5.74, 6) is 0.543. The second kappa shape index (κ2) is 7.05. The first-order valence-electron chi connectivity index (χ1n) is 10.1. The SMILES string of the molecule is CN1C[C@@H]2CC[C@@]1(C)[C@H](F)[C@@H]2Oc1ccc(-c2ccc(-n3ccnc3)cc2O)nn1. The molecule has 3 aliphatic rings. The fourth-order valence-corrected chi connectivity index (χ4v) is 4.66. The van der Waals surface area contributed by atoms with Gasteiger partial charge in [0.05, 0.1) is 23.2 Å². The lowest BCUT2D eigenvalue weighted by atomic mass is 9.68. The molecule has 2 saturated heterocycles. The number of nitrogens with zero attached hydrogens (tertiary/aromatic N) is 5. The molecule has 2 bridgehead atoms. The summed E-state index contributed by atoms with van der Waals surface area (Å²) in [4.78, 5) is 6.12. The molecule has 1 N–H and O–H groups in total. The van der Waals surface area contributed by atoms with Crippen LogP contribution in [0.25, 0.3) is 16.9 Å². The van der Waals surface area contributed by atoms with E-state index in [0.717, 1.165) is 25.1 Å². The monoisotopic (exact) mass is 409 g/mol. The van der Waals surface area contributed by atoms with Crippen molar-refractivity contribution in [3.8, 4) is 28.6 Å². The molecule has 8 heteroatoms. The van der Waals surface area contributed by atoms with E-state index in [1.165, 1.54) is 0 Å². The second-order valence-corrected chi connectivity index (χ2v) is 8.45. The molecule has 30 heavy (non-hydrogen) atoms. The van der Waals surface area contributed by atoms with E-state index in [4.69, 9.17) is 4.74 Å². The predicted octanol–water partition coefficient (Wildman–Crippen LogP) is 3.23. The quantitative estimate of drug-likeness (QED) is 0.713. The van der Waals surface area contributed by atoms with Crippen LogP contribution in [-0.4, -0.2) is 61.2 Å². The van der Waals surface area contributed by atoms with Crippen LogP contribution in [0, 0.1) is 5.92 Å². The molecule has 2 aromatic heterocycles. The molecule has 0 unspecified atom stereocenters. The lowest BCUT2D eigenvalue weighted by Gasteiger charge is -2.56. The smallest absolute Gasteiger partial charge is 0.233 e. The Morgan fingerprint density at radius 2 is 2.10 bits per heavy atom. The first-order valence-corrected chi connectivity index (χ1v) is 10.1. The Hall–Kier alpha value is -3.00. The van der Waals surface area contributed by atoms with E-state index in [1.54, 1.807) is 47.6 Å². The number of benzene rings is 1. The molecule has 0 amide bonds. The van der Waals surface area contributed by atoms with Gasteiger partial charge >= 0.3 is 0 Å². The summed E-state index contributed by atoms with van der Waals surface area (Å²) >= 11 is 0.